The van der Waals surface area contributed by atoms with Crippen molar-refractivity contribution < 1.29 is 23.1 Å². The van der Waals surface area contributed by atoms with E-state index in [0.29, 0.717) is 22.3 Å². The average molecular weight is 537 g/mol. The molecule has 2 aliphatic rings. The van der Waals surface area contributed by atoms with Crippen molar-refractivity contribution >= 4 is 34.7 Å². The lowest BCUT2D eigenvalue weighted by atomic mass is 9.92. The van der Waals surface area contributed by atoms with Crippen LogP contribution >= 0.6 is 11.6 Å². The van der Waals surface area contributed by atoms with Crippen molar-refractivity contribution in [1.29, 1.82) is 0 Å². The zero-order valence-electron chi connectivity index (χ0n) is 20.3. The van der Waals surface area contributed by atoms with Crippen LogP contribution in [0.4, 0.5) is 14.5 Å². The van der Waals surface area contributed by atoms with Crippen LogP contribution in [0.25, 0.3) is 5.65 Å². The number of amides is 2. The van der Waals surface area contributed by atoms with Gasteiger partial charge in [-0.15, -0.1) is 0 Å². The highest BCUT2D eigenvalue weighted by molar-refractivity contribution is 6.30. The number of anilines is 1. The summed E-state index contributed by atoms with van der Waals surface area (Å²) in [4.78, 5) is 33.1. The average Bonchev–Trinajstić information content (AvgIpc) is 3.59. The minimum atomic E-state index is -1.23. The van der Waals surface area contributed by atoms with E-state index in [9.17, 15) is 9.59 Å². The van der Waals surface area contributed by atoms with Gasteiger partial charge in [-0.1, -0.05) is 11.6 Å². The largest absolute Gasteiger partial charge is 0.497 e. The highest BCUT2D eigenvalue weighted by atomic mass is 35.5. The van der Waals surface area contributed by atoms with Gasteiger partial charge in [0, 0.05) is 59.1 Å². The second-order valence-electron chi connectivity index (χ2n) is 9.58. The quantitative estimate of drug-likeness (QED) is 0.373. The molecule has 1 aliphatic carbocycles. The molecular weight excluding hydrogens is 514 g/mol. The van der Waals surface area contributed by atoms with Crippen molar-refractivity contribution in [2.75, 3.05) is 18.6 Å². The molecule has 2 aromatic heterocycles. The third kappa shape index (κ3) is 4.26. The molecule has 1 unspecified atom stereocenters. The van der Waals surface area contributed by atoms with E-state index in [1.807, 2.05) is 16.8 Å². The van der Waals surface area contributed by atoms with Gasteiger partial charge in [0.1, 0.15) is 23.4 Å². The molecule has 194 valence electrons. The van der Waals surface area contributed by atoms with E-state index in [1.165, 1.54) is 24.1 Å². The van der Waals surface area contributed by atoms with Crippen LogP contribution in [0.15, 0.2) is 60.9 Å². The first-order valence-corrected chi connectivity index (χ1v) is 12.6. The van der Waals surface area contributed by atoms with E-state index < -0.39 is 35.4 Å². The van der Waals surface area contributed by atoms with Crippen molar-refractivity contribution in [1.82, 2.24) is 14.7 Å². The van der Waals surface area contributed by atoms with Crippen molar-refractivity contribution in [3.63, 3.8) is 0 Å². The number of nitrogens with one attached hydrogen (secondary N) is 1. The monoisotopic (exact) mass is 536 g/mol. The molecule has 4 aromatic rings. The van der Waals surface area contributed by atoms with Gasteiger partial charge in [-0.3, -0.25) is 9.59 Å². The van der Waals surface area contributed by atoms with Crippen molar-refractivity contribution in [3.8, 4) is 5.75 Å². The zero-order valence-corrected chi connectivity index (χ0v) is 21.1. The number of hydrogen-bond acceptors (Lipinski definition) is 4. The number of hydrogen-bond donors (Lipinski definition) is 1. The summed E-state index contributed by atoms with van der Waals surface area (Å²) in [6.45, 7) is -0.0597. The van der Waals surface area contributed by atoms with Crippen molar-refractivity contribution in [2.24, 2.45) is 0 Å². The molecule has 2 amide bonds. The molecule has 0 spiro atoms. The van der Waals surface area contributed by atoms with E-state index >= 15 is 8.78 Å². The number of methoxy groups -OCH3 is 1. The Morgan fingerprint density at radius 3 is 2.50 bits per heavy atom. The van der Waals surface area contributed by atoms with Crippen LogP contribution in [-0.4, -0.2) is 40.9 Å². The highest BCUT2D eigenvalue weighted by Crippen LogP contribution is 2.41. The molecule has 1 aliphatic heterocycles. The van der Waals surface area contributed by atoms with Crippen LogP contribution in [0, 0.1) is 11.6 Å². The van der Waals surface area contributed by atoms with Gasteiger partial charge in [-0.2, -0.15) is 0 Å². The highest BCUT2D eigenvalue weighted by Gasteiger charge is 2.46. The number of pyridine rings is 1. The van der Waals surface area contributed by atoms with Crippen LogP contribution in [0.2, 0.25) is 5.02 Å². The van der Waals surface area contributed by atoms with Crippen LogP contribution in [-0.2, 0) is 4.79 Å². The first-order chi connectivity index (χ1) is 18.3. The Bertz CT molecular complexity index is 1550. The van der Waals surface area contributed by atoms with E-state index in [0.717, 1.165) is 30.7 Å². The summed E-state index contributed by atoms with van der Waals surface area (Å²) in [7, 11) is 1.31. The normalized spacial score (nSPS) is 19.3. The molecule has 2 atom stereocenters. The number of carbonyl (C=O) groups excluding carboxylic acids is 2. The van der Waals surface area contributed by atoms with Crippen LogP contribution in [0.3, 0.4) is 0 Å². The van der Waals surface area contributed by atoms with E-state index in [-0.39, 0.29) is 23.4 Å². The van der Waals surface area contributed by atoms with Gasteiger partial charge in [0.05, 0.1) is 18.5 Å². The summed E-state index contributed by atoms with van der Waals surface area (Å²) in [6.07, 6.45) is 5.92. The number of rotatable bonds is 6. The molecule has 38 heavy (non-hydrogen) atoms. The number of imidazole rings is 1. The molecule has 0 bridgehead atoms. The van der Waals surface area contributed by atoms with Crippen molar-refractivity contribution in [2.45, 2.75) is 30.7 Å². The van der Waals surface area contributed by atoms with Crippen LogP contribution in [0.1, 0.15) is 46.3 Å². The van der Waals surface area contributed by atoms with Gasteiger partial charge in [0.15, 0.2) is 5.65 Å². The Kier molecular flexibility index (Phi) is 6.03. The molecule has 3 heterocycles. The Balaban J connectivity index is 1.41. The molecule has 10 heteroatoms. The summed E-state index contributed by atoms with van der Waals surface area (Å²) in [5.74, 6) is -3.36. The second-order valence-corrected chi connectivity index (χ2v) is 10.0. The number of halogens is 3. The lowest BCUT2D eigenvalue weighted by molar-refractivity contribution is -0.118. The summed E-state index contributed by atoms with van der Waals surface area (Å²) >= 11 is 5.94. The van der Waals surface area contributed by atoms with E-state index in [2.05, 4.69) is 5.32 Å². The second kappa shape index (κ2) is 9.40. The van der Waals surface area contributed by atoms with Gasteiger partial charge < -0.3 is 19.4 Å². The number of benzene rings is 2. The fourth-order valence-corrected chi connectivity index (χ4v) is 5.16. The SMILES string of the molecule is COc1cc(F)c([C@@H]2CN(c3cccn4cc(C5CC5)nc34)C(=O)C2NC(=O)c2ccc(Cl)cc2)c(F)c1. The van der Waals surface area contributed by atoms with Gasteiger partial charge >= 0.3 is 0 Å². The molecule has 1 N–H and O–H groups in total. The Morgan fingerprint density at radius 1 is 1.13 bits per heavy atom. The number of fused-ring (bicyclic) bond motifs is 1. The van der Waals surface area contributed by atoms with Gasteiger partial charge in [-0.25, -0.2) is 13.8 Å². The first-order valence-electron chi connectivity index (χ1n) is 12.2. The minimum absolute atomic E-state index is 0.0152. The lowest BCUT2D eigenvalue weighted by Gasteiger charge is -2.20. The summed E-state index contributed by atoms with van der Waals surface area (Å²) in [5, 5.41) is 3.16. The molecule has 0 radical (unpaired) electrons. The van der Waals surface area contributed by atoms with Gasteiger partial charge in [0.25, 0.3) is 5.91 Å². The maximum absolute atomic E-state index is 15.2. The number of aromatic nitrogens is 2. The predicted octanol–water partition coefficient (Wildman–Crippen LogP) is 5.08. The Labute approximate surface area is 222 Å². The van der Waals surface area contributed by atoms with Crippen LogP contribution < -0.4 is 15.0 Å². The first kappa shape index (κ1) is 24.4. The third-order valence-corrected chi connectivity index (χ3v) is 7.38. The summed E-state index contributed by atoms with van der Waals surface area (Å²) in [5.41, 5.74) is 1.99. The maximum atomic E-state index is 15.2. The molecule has 7 nitrogen and oxygen atoms in total. The third-order valence-electron chi connectivity index (χ3n) is 7.13. The van der Waals surface area contributed by atoms with Gasteiger partial charge in [0.2, 0.25) is 5.91 Å². The lowest BCUT2D eigenvalue weighted by Crippen LogP contribution is -2.44. The molecule has 1 saturated carbocycles. The number of nitrogens with zero attached hydrogens (tertiary/aromatic N) is 3. The fourth-order valence-electron chi connectivity index (χ4n) is 5.03. The smallest absolute Gasteiger partial charge is 0.251 e. The van der Waals surface area contributed by atoms with E-state index in [4.69, 9.17) is 21.3 Å². The maximum Gasteiger partial charge on any atom is 0.251 e. The fraction of sp³-hybridized carbons (Fsp3) is 0.250. The topological polar surface area (TPSA) is 75.9 Å². The Morgan fingerprint density at radius 2 is 1.84 bits per heavy atom. The number of carbonyl (C=O) groups is 2. The molecule has 2 fully saturated rings. The summed E-state index contributed by atoms with van der Waals surface area (Å²) in [6, 6.07) is 10.6. The summed E-state index contributed by atoms with van der Waals surface area (Å²) < 4.78 is 37.3. The molecular formula is C28H23ClF2N4O3. The number of ether oxygens (including phenoxy) is 1. The Hall–Kier alpha value is -3.98. The van der Waals surface area contributed by atoms with Crippen molar-refractivity contribution in [3.05, 3.63) is 94.4 Å². The predicted molar refractivity (Wildman–Crippen MR) is 138 cm³/mol. The minimum Gasteiger partial charge on any atom is -0.497 e. The van der Waals surface area contributed by atoms with Gasteiger partial charge in [-0.05, 0) is 49.2 Å². The molecule has 6 rings (SSSR count). The van der Waals surface area contributed by atoms with E-state index in [1.54, 1.807) is 24.3 Å². The standard InChI is InChI=1S/C28H23ClF2N4O3/c1-38-18-11-20(30)24(21(31)12-18)19-13-35(23-3-2-10-34-14-22(15-4-5-15)32-26(23)34)28(37)25(19)33-27(36)16-6-8-17(29)9-7-16/h2-3,6-12,14-15,19,25H,4-5,13H2,1H3,(H,33,36)/t19-,25?/m0/s1. The van der Waals surface area contributed by atoms with Crippen LogP contribution in [0.5, 0.6) is 5.75 Å². The zero-order chi connectivity index (χ0) is 26.6. The molecule has 2 aromatic carbocycles. The molecule has 1 saturated heterocycles.